The molecule has 1 amide bonds. The Bertz CT molecular complexity index is 924. The van der Waals surface area contributed by atoms with Crippen molar-refractivity contribution in [3.05, 3.63) is 63.7 Å². The van der Waals surface area contributed by atoms with Crippen LogP contribution in [0.4, 0.5) is 11.4 Å². The number of ether oxygens (including phenoxy) is 1. The maximum Gasteiger partial charge on any atom is 0.293 e. The number of methoxy groups -OCH3 is 1. The quantitative estimate of drug-likeness (QED) is 0.444. The summed E-state index contributed by atoms with van der Waals surface area (Å²) in [5, 5.41) is 17.8. The number of hydrogen-bond donors (Lipinski definition) is 2. The van der Waals surface area contributed by atoms with E-state index in [-0.39, 0.29) is 29.2 Å². The number of hydrogen-bond acceptors (Lipinski definition) is 6. The van der Waals surface area contributed by atoms with Crippen molar-refractivity contribution in [2.45, 2.75) is 45.2 Å². The van der Waals surface area contributed by atoms with Gasteiger partial charge in [0, 0.05) is 24.2 Å². The van der Waals surface area contributed by atoms with Crippen LogP contribution in [0.25, 0.3) is 0 Å². The van der Waals surface area contributed by atoms with Gasteiger partial charge in [0.2, 0.25) is 0 Å². The number of rotatable bonds is 9. The summed E-state index contributed by atoms with van der Waals surface area (Å²) >= 11 is 0. The lowest BCUT2D eigenvalue weighted by atomic mass is 10.0. The number of carbonyl (C=O) groups is 1. The summed E-state index contributed by atoms with van der Waals surface area (Å²) in [7, 11) is 1.64. The minimum absolute atomic E-state index is 0.0471. The Kier molecular flexibility index (Phi) is 8.05. The van der Waals surface area contributed by atoms with Gasteiger partial charge in [0.15, 0.2) is 0 Å². The first kappa shape index (κ1) is 23.5. The number of anilines is 1. The molecule has 1 fully saturated rings. The topological polar surface area (TPSA) is 96.7 Å². The third-order valence-corrected chi connectivity index (χ3v) is 5.69. The molecule has 0 spiro atoms. The van der Waals surface area contributed by atoms with E-state index in [9.17, 15) is 14.9 Å². The van der Waals surface area contributed by atoms with E-state index in [1.165, 1.54) is 12.5 Å². The van der Waals surface area contributed by atoms with Crippen LogP contribution < -0.4 is 15.4 Å². The molecule has 1 aliphatic heterocycles. The summed E-state index contributed by atoms with van der Waals surface area (Å²) < 4.78 is 5.28. The van der Waals surface area contributed by atoms with Crippen LogP contribution in [-0.2, 0) is 0 Å². The highest BCUT2D eigenvalue weighted by Gasteiger charge is 2.24. The number of likely N-dealkylation sites (tertiary alicyclic amines) is 1. The molecule has 2 aromatic carbocycles. The van der Waals surface area contributed by atoms with Gasteiger partial charge in [-0.2, -0.15) is 0 Å². The molecular weight excluding hydrogens is 408 g/mol. The van der Waals surface area contributed by atoms with E-state index in [1.807, 2.05) is 38.1 Å². The van der Waals surface area contributed by atoms with Gasteiger partial charge >= 0.3 is 0 Å². The fraction of sp³-hybridized carbons (Fsp3) is 0.458. The number of carbonyl (C=O) groups excluding carboxylic acids is 1. The first-order chi connectivity index (χ1) is 15.4. The number of nitro groups is 1. The van der Waals surface area contributed by atoms with Gasteiger partial charge < -0.3 is 15.4 Å². The van der Waals surface area contributed by atoms with Gasteiger partial charge in [0.05, 0.1) is 18.1 Å². The van der Waals surface area contributed by atoms with Crippen LogP contribution in [-0.4, -0.2) is 48.5 Å². The third kappa shape index (κ3) is 5.97. The minimum Gasteiger partial charge on any atom is -0.497 e. The zero-order valence-corrected chi connectivity index (χ0v) is 19.0. The Labute approximate surface area is 189 Å². The Morgan fingerprint density at radius 1 is 1.12 bits per heavy atom. The van der Waals surface area contributed by atoms with Gasteiger partial charge in [-0.3, -0.25) is 19.8 Å². The summed E-state index contributed by atoms with van der Waals surface area (Å²) in [6, 6.07) is 12.6. The number of nitrogens with one attached hydrogen (secondary N) is 2. The summed E-state index contributed by atoms with van der Waals surface area (Å²) in [5.74, 6) is 0.476. The van der Waals surface area contributed by atoms with Crippen molar-refractivity contribution < 1.29 is 14.5 Å². The number of piperidine rings is 1. The van der Waals surface area contributed by atoms with Crippen molar-refractivity contribution in [1.82, 2.24) is 10.2 Å². The van der Waals surface area contributed by atoms with Crippen molar-refractivity contribution in [2.75, 3.05) is 32.1 Å². The molecule has 8 nitrogen and oxygen atoms in total. The minimum atomic E-state index is -0.447. The molecule has 0 radical (unpaired) electrons. The van der Waals surface area contributed by atoms with Crippen LogP contribution in [0.3, 0.4) is 0 Å². The predicted molar refractivity (Wildman–Crippen MR) is 125 cm³/mol. The van der Waals surface area contributed by atoms with Gasteiger partial charge in [0.1, 0.15) is 11.4 Å². The molecule has 0 saturated carbocycles. The molecule has 1 saturated heterocycles. The molecule has 8 heteroatoms. The monoisotopic (exact) mass is 440 g/mol. The molecule has 172 valence electrons. The van der Waals surface area contributed by atoms with E-state index in [0.29, 0.717) is 12.2 Å². The van der Waals surface area contributed by atoms with Crippen LogP contribution in [0.1, 0.15) is 55.1 Å². The molecule has 1 aliphatic rings. The molecule has 3 rings (SSSR count). The van der Waals surface area contributed by atoms with Crippen molar-refractivity contribution in [3.63, 3.8) is 0 Å². The zero-order valence-electron chi connectivity index (χ0n) is 19.0. The van der Waals surface area contributed by atoms with E-state index in [2.05, 4.69) is 15.5 Å². The third-order valence-electron chi connectivity index (χ3n) is 5.69. The van der Waals surface area contributed by atoms with E-state index in [0.717, 1.165) is 37.2 Å². The zero-order chi connectivity index (χ0) is 23.1. The number of nitro benzene ring substituents is 1. The Balaban J connectivity index is 1.82. The largest absolute Gasteiger partial charge is 0.497 e. The first-order valence-electron chi connectivity index (χ1n) is 11.1. The maximum atomic E-state index is 12.3. The van der Waals surface area contributed by atoms with E-state index < -0.39 is 4.92 Å². The standard InChI is InChI=1S/C24H32N4O4/c1-17(2)26-24(29)19-9-12-21(22(15-19)28(30)31)25-16-23(27-13-5-4-6-14-27)18-7-10-20(32-3)11-8-18/h7-12,15,17,23,25H,4-6,13-14,16H2,1-3H3,(H,26,29). The highest BCUT2D eigenvalue weighted by Crippen LogP contribution is 2.30. The molecule has 2 N–H and O–H groups in total. The van der Waals surface area contributed by atoms with Crippen LogP contribution in [0.15, 0.2) is 42.5 Å². The molecule has 1 heterocycles. The second-order valence-corrected chi connectivity index (χ2v) is 8.38. The molecule has 1 unspecified atom stereocenters. The fourth-order valence-corrected chi connectivity index (χ4v) is 4.04. The summed E-state index contributed by atoms with van der Waals surface area (Å²) in [4.78, 5) is 26.0. The van der Waals surface area contributed by atoms with Gasteiger partial charge in [0.25, 0.3) is 11.6 Å². The molecule has 32 heavy (non-hydrogen) atoms. The van der Waals surface area contributed by atoms with Crippen LogP contribution in [0.5, 0.6) is 5.75 Å². The summed E-state index contributed by atoms with van der Waals surface area (Å²) in [6.45, 7) is 6.21. The van der Waals surface area contributed by atoms with Gasteiger partial charge in [-0.15, -0.1) is 0 Å². The van der Waals surface area contributed by atoms with E-state index in [4.69, 9.17) is 4.74 Å². The van der Waals surface area contributed by atoms with Crippen LogP contribution >= 0.6 is 0 Å². The fourth-order valence-electron chi connectivity index (χ4n) is 4.04. The summed E-state index contributed by atoms with van der Waals surface area (Å²) in [5.41, 5.74) is 1.72. The Morgan fingerprint density at radius 3 is 2.41 bits per heavy atom. The average Bonchev–Trinajstić information content (AvgIpc) is 2.79. The lowest BCUT2D eigenvalue weighted by molar-refractivity contribution is -0.384. The normalized spacial score (nSPS) is 15.2. The van der Waals surface area contributed by atoms with Crippen LogP contribution in [0.2, 0.25) is 0 Å². The number of amides is 1. The van der Waals surface area contributed by atoms with Crippen molar-refractivity contribution in [3.8, 4) is 5.75 Å². The van der Waals surface area contributed by atoms with Gasteiger partial charge in [-0.25, -0.2) is 0 Å². The second-order valence-electron chi connectivity index (χ2n) is 8.38. The molecule has 0 aromatic heterocycles. The summed E-state index contributed by atoms with van der Waals surface area (Å²) in [6.07, 6.45) is 3.52. The van der Waals surface area contributed by atoms with Gasteiger partial charge in [-0.1, -0.05) is 18.6 Å². The SMILES string of the molecule is COc1ccc(C(CNc2ccc(C(=O)NC(C)C)cc2[N+](=O)[O-])N2CCCCC2)cc1. The Morgan fingerprint density at radius 2 is 1.81 bits per heavy atom. The van der Waals surface area contributed by atoms with Crippen molar-refractivity contribution >= 4 is 17.3 Å². The van der Waals surface area contributed by atoms with Crippen molar-refractivity contribution in [2.24, 2.45) is 0 Å². The Hall–Kier alpha value is -3.13. The smallest absolute Gasteiger partial charge is 0.293 e. The van der Waals surface area contributed by atoms with E-state index >= 15 is 0 Å². The van der Waals surface area contributed by atoms with Gasteiger partial charge in [-0.05, 0) is 69.6 Å². The molecule has 2 aromatic rings. The highest BCUT2D eigenvalue weighted by atomic mass is 16.6. The average molecular weight is 441 g/mol. The second kappa shape index (κ2) is 10.9. The van der Waals surface area contributed by atoms with Crippen molar-refractivity contribution in [1.29, 1.82) is 0 Å². The lowest BCUT2D eigenvalue weighted by Gasteiger charge is -2.35. The highest BCUT2D eigenvalue weighted by molar-refractivity contribution is 5.95. The first-order valence-corrected chi connectivity index (χ1v) is 11.1. The molecular formula is C24H32N4O4. The van der Waals surface area contributed by atoms with Crippen LogP contribution in [0, 0.1) is 10.1 Å². The van der Waals surface area contributed by atoms with E-state index in [1.54, 1.807) is 19.2 Å². The molecule has 0 bridgehead atoms. The maximum absolute atomic E-state index is 12.3. The molecule has 0 aliphatic carbocycles. The number of nitrogens with zero attached hydrogens (tertiary/aromatic N) is 2. The number of benzene rings is 2. The predicted octanol–water partition coefficient (Wildman–Crippen LogP) is 4.38. The lowest BCUT2D eigenvalue weighted by Crippen LogP contribution is -2.37. The molecule has 1 atom stereocenters.